The third-order valence-corrected chi connectivity index (χ3v) is 5.34. The van der Waals surface area contributed by atoms with Crippen molar-refractivity contribution in [1.29, 1.82) is 0 Å². The van der Waals surface area contributed by atoms with E-state index in [1.54, 1.807) is 6.92 Å². The number of carbonyl (C=O) groups is 2. The van der Waals surface area contributed by atoms with Crippen LogP contribution in [0.25, 0.3) is 10.8 Å². The first kappa shape index (κ1) is 17.7. The van der Waals surface area contributed by atoms with E-state index in [-0.39, 0.29) is 18.5 Å². The molecule has 25 heavy (non-hydrogen) atoms. The molecule has 3 rings (SSSR count). The molecule has 3 heterocycles. The molecule has 2 aromatic rings. The predicted molar refractivity (Wildman–Crippen MR) is 96.1 cm³/mol. The Balaban J connectivity index is 1.64. The number of nitrogens with one attached hydrogen (secondary N) is 1. The summed E-state index contributed by atoms with van der Waals surface area (Å²) < 4.78 is 5.46. The Hall–Kier alpha value is -2.15. The Morgan fingerprint density at radius 1 is 1.32 bits per heavy atom. The van der Waals surface area contributed by atoms with Crippen LogP contribution in [0.4, 0.5) is 4.79 Å². The van der Waals surface area contributed by atoms with Crippen molar-refractivity contribution in [2.75, 3.05) is 0 Å². The summed E-state index contributed by atoms with van der Waals surface area (Å²) in [5.41, 5.74) is -0.243. The first-order chi connectivity index (χ1) is 12.0. The van der Waals surface area contributed by atoms with Crippen molar-refractivity contribution < 1.29 is 14.0 Å². The molecule has 0 aromatic carbocycles. The first-order valence-electron chi connectivity index (χ1n) is 8.66. The van der Waals surface area contributed by atoms with Crippen LogP contribution in [0.15, 0.2) is 28.2 Å². The van der Waals surface area contributed by atoms with Gasteiger partial charge in [-0.3, -0.25) is 9.69 Å². The Bertz CT molecular complexity index is 741. The average molecular weight is 361 g/mol. The Kier molecular flexibility index (Phi) is 5.22. The average Bonchev–Trinajstić information content (AvgIpc) is 3.30. The maximum Gasteiger partial charge on any atom is 0.325 e. The van der Waals surface area contributed by atoms with Crippen LogP contribution in [-0.2, 0) is 11.3 Å². The van der Waals surface area contributed by atoms with Crippen molar-refractivity contribution in [3.8, 4) is 10.8 Å². The van der Waals surface area contributed by atoms with Crippen LogP contribution < -0.4 is 5.32 Å². The van der Waals surface area contributed by atoms with Crippen LogP contribution in [0.2, 0.25) is 0 Å². The smallest absolute Gasteiger partial charge is 0.325 e. The van der Waals surface area contributed by atoms with Gasteiger partial charge >= 0.3 is 6.03 Å². The highest BCUT2D eigenvalue weighted by Gasteiger charge is 2.47. The van der Waals surface area contributed by atoms with Gasteiger partial charge in [-0.1, -0.05) is 38.7 Å². The van der Waals surface area contributed by atoms with Gasteiger partial charge in [-0.15, -0.1) is 11.3 Å². The number of rotatable bonds is 8. The summed E-state index contributed by atoms with van der Waals surface area (Å²) in [4.78, 5) is 31.5. The molecule has 1 aliphatic rings. The molecule has 2 aromatic heterocycles. The quantitative estimate of drug-likeness (QED) is 0.565. The lowest BCUT2D eigenvalue weighted by Crippen LogP contribution is -2.43. The van der Waals surface area contributed by atoms with E-state index < -0.39 is 5.54 Å². The highest BCUT2D eigenvalue weighted by molar-refractivity contribution is 7.13. The molecule has 7 heteroatoms. The number of urea groups is 1. The molecule has 1 N–H and O–H groups in total. The van der Waals surface area contributed by atoms with E-state index in [2.05, 4.69) is 17.2 Å². The predicted octanol–water partition coefficient (Wildman–Crippen LogP) is 4.18. The minimum absolute atomic E-state index is 0.129. The van der Waals surface area contributed by atoms with Crippen LogP contribution in [-0.4, -0.2) is 27.4 Å². The summed E-state index contributed by atoms with van der Waals surface area (Å²) in [6.07, 6.45) is 6.45. The molecular formula is C18H23N3O3S. The minimum Gasteiger partial charge on any atom is -0.443 e. The van der Waals surface area contributed by atoms with Crippen molar-refractivity contribution >= 4 is 23.3 Å². The van der Waals surface area contributed by atoms with E-state index in [1.807, 2.05) is 17.5 Å². The molecule has 0 spiro atoms. The Morgan fingerprint density at radius 2 is 2.16 bits per heavy atom. The molecule has 1 fully saturated rings. The number of thiophene rings is 1. The number of aromatic nitrogens is 1. The van der Waals surface area contributed by atoms with Gasteiger partial charge in [-0.05, 0) is 24.8 Å². The zero-order chi connectivity index (χ0) is 17.9. The summed E-state index contributed by atoms with van der Waals surface area (Å²) in [7, 11) is 0. The van der Waals surface area contributed by atoms with Crippen LogP contribution in [0, 0.1) is 0 Å². The second-order valence-corrected chi connectivity index (χ2v) is 7.53. The molecular weight excluding hydrogens is 338 g/mol. The van der Waals surface area contributed by atoms with Crippen molar-refractivity contribution in [3.63, 3.8) is 0 Å². The lowest BCUT2D eigenvalue weighted by atomic mass is 9.94. The van der Waals surface area contributed by atoms with Crippen molar-refractivity contribution in [2.45, 2.75) is 58.0 Å². The number of nitrogens with zero attached hydrogens (tertiary/aromatic N) is 2. The van der Waals surface area contributed by atoms with Crippen LogP contribution >= 0.6 is 11.3 Å². The van der Waals surface area contributed by atoms with Crippen molar-refractivity contribution in [3.05, 3.63) is 29.5 Å². The summed E-state index contributed by atoms with van der Waals surface area (Å²) in [5, 5.41) is 4.79. The molecule has 1 saturated heterocycles. The molecule has 3 amide bonds. The van der Waals surface area contributed by atoms with Gasteiger partial charge in [0.05, 0.1) is 17.1 Å². The maximum atomic E-state index is 12.7. The van der Waals surface area contributed by atoms with E-state index in [9.17, 15) is 9.59 Å². The fourth-order valence-electron chi connectivity index (χ4n) is 3.02. The van der Waals surface area contributed by atoms with Crippen LogP contribution in [0.1, 0.15) is 51.6 Å². The minimum atomic E-state index is -0.814. The largest absolute Gasteiger partial charge is 0.443 e. The topological polar surface area (TPSA) is 75.4 Å². The second-order valence-electron chi connectivity index (χ2n) is 6.59. The highest BCUT2D eigenvalue weighted by Crippen LogP contribution is 2.27. The number of carbonyl (C=O) groups excluding carboxylic acids is 2. The van der Waals surface area contributed by atoms with Crippen LogP contribution in [0.5, 0.6) is 0 Å². The van der Waals surface area contributed by atoms with Gasteiger partial charge in [0.2, 0.25) is 5.89 Å². The van der Waals surface area contributed by atoms with Gasteiger partial charge in [0.15, 0.2) is 0 Å². The summed E-state index contributed by atoms with van der Waals surface area (Å²) >= 11 is 1.53. The zero-order valence-corrected chi connectivity index (χ0v) is 15.4. The van der Waals surface area contributed by atoms with Gasteiger partial charge in [0, 0.05) is 0 Å². The Labute approximate surface area is 151 Å². The normalized spacial score (nSPS) is 20.3. The number of amides is 3. The number of hydrogen-bond donors (Lipinski definition) is 1. The molecule has 0 bridgehead atoms. The molecule has 0 saturated carbocycles. The molecule has 6 nitrogen and oxygen atoms in total. The van der Waals surface area contributed by atoms with Crippen LogP contribution in [0.3, 0.4) is 0 Å². The Morgan fingerprint density at radius 3 is 2.88 bits per heavy atom. The number of imide groups is 1. The van der Waals surface area contributed by atoms with Gasteiger partial charge in [-0.2, -0.15) is 0 Å². The van der Waals surface area contributed by atoms with E-state index in [0.717, 1.165) is 30.6 Å². The van der Waals surface area contributed by atoms with E-state index in [1.165, 1.54) is 22.5 Å². The molecule has 1 unspecified atom stereocenters. The van der Waals surface area contributed by atoms with Gasteiger partial charge in [-0.25, -0.2) is 9.78 Å². The fourth-order valence-corrected chi connectivity index (χ4v) is 3.68. The summed E-state index contributed by atoms with van der Waals surface area (Å²) in [6.45, 7) is 4.08. The number of unbranched alkanes of at least 4 members (excludes halogenated alkanes) is 3. The third kappa shape index (κ3) is 3.76. The first-order valence-corrected chi connectivity index (χ1v) is 9.54. The van der Waals surface area contributed by atoms with Gasteiger partial charge in [0.25, 0.3) is 5.91 Å². The lowest BCUT2D eigenvalue weighted by Gasteiger charge is -2.21. The maximum absolute atomic E-state index is 12.7. The number of oxazole rings is 1. The highest BCUT2D eigenvalue weighted by atomic mass is 32.1. The standard InChI is InChI=1S/C18H23N3O3S/c1-3-4-5-6-9-18(2)16(22)21(17(23)20-18)11-13-12-24-15(19-13)14-8-7-10-25-14/h7-8,10,12H,3-6,9,11H2,1-2H3,(H,20,23). The van der Waals surface area contributed by atoms with Crippen molar-refractivity contribution in [2.24, 2.45) is 0 Å². The zero-order valence-electron chi connectivity index (χ0n) is 14.6. The van der Waals surface area contributed by atoms with Gasteiger partial charge < -0.3 is 9.73 Å². The summed E-state index contributed by atoms with van der Waals surface area (Å²) in [6, 6.07) is 3.48. The molecule has 134 valence electrons. The molecule has 0 radical (unpaired) electrons. The molecule has 0 aliphatic carbocycles. The molecule has 1 atom stereocenters. The van der Waals surface area contributed by atoms with Gasteiger partial charge in [0.1, 0.15) is 11.8 Å². The lowest BCUT2D eigenvalue weighted by molar-refractivity contribution is -0.131. The van der Waals surface area contributed by atoms with E-state index in [4.69, 9.17) is 4.42 Å². The number of hydrogen-bond acceptors (Lipinski definition) is 5. The monoisotopic (exact) mass is 361 g/mol. The summed E-state index contributed by atoms with van der Waals surface area (Å²) in [5.74, 6) is 0.328. The van der Waals surface area contributed by atoms with Crippen molar-refractivity contribution in [1.82, 2.24) is 15.2 Å². The third-order valence-electron chi connectivity index (χ3n) is 4.48. The SMILES string of the molecule is CCCCCCC1(C)NC(=O)N(Cc2coc(-c3cccs3)n2)C1=O. The van der Waals surface area contributed by atoms with E-state index in [0.29, 0.717) is 18.0 Å². The second kappa shape index (κ2) is 7.39. The molecule has 1 aliphatic heterocycles. The fraction of sp³-hybridized carbons (Fsp3) is 0.500. The van der Waals surface area contributed by atoms with E-state index >= 15 is 0 Å².